The highest BCUT2D eigenvalue weighted by molar-refractivity contribution is 5.81. The van der Waals surface area contributed by atoms with Gasteiger partial charge in [0.25, 0.3) is 0 Å². The molecule has 1 aromatic heterocycles. The quantitative estimate of drug-likeness (QED) is 0.804. The highest BCUT2D eigenvalue weighted by Crippen LogP contribution is 2.21. The lowest BCUT2D eigenvalue weighted by atomic mass is 10.1. The van der Waals surface area contributed by atoms with Crippen LogP contribution in [0.3, 0.4) is 0 Å². The normalized spacial score (nSPS) is 12.1. The van der Waals surface area contributed by atoms with Crippen molar-refractivity contribution < 1.29 is 22.5 Å². The molecule has 0 aromatic carbocycles. The molecule has 0 radical (unpaired) electrons. The van der Waals surface area contributed by atoms with Gasteiger partial charge in [-0.2, -0.15) is 18.2 Å². The van der Waals surface area contributed by atoms with E-state index in [2.05, 4.69) is 10.1 Å². The zero-order chi connectivity index (χ0) is 13.1. The third-order valence-electron chi connectivity index (χ3n) is 2.11. The van der Waals surface area contributed by atoms with Crippen molar-refractivity contribution in [3.05, 3.63) is 11.7 Å². The van der Waals surface area contributed by atoms with Crippen molar-refractivity contribution in [1.29, 1.82) is 0 Å². The number of aromatic nitrogens is 2. The van der Waals surface area contributed by atoms with E-state index in [1.807, 2.05) is 0 Å². The molecule has 4 nitrogen and oxygen atoms in total. The summed E-state index contributed by atoms with van der Waals surface area (Å²) in [6, 6.07) is 0. The molecule has 0 bridgehead atoms. The van der Waals surface area contributed by atoms with E-state index in [4.69, 9.17) is 4.52 Å². The molecule has 7 heteroatoms. The van der Waals surface area contributed by atoms with Crippen molar-refractivity contribution in [3.63, 3.8) is 0 Å². The lowest BCUT2D eigenvalue weighted by Crippen LogP contribution is -2.11. The first-order chi connectivity index (χ1) is 7.78. The Hall–Kier alpha value is -1.40. The van der Waals surface area contributed by atoms with Crippen molar-refractivity contribution >= 4 is 5.78 Å². The third-order valence-corrected chi connectivity index (χ3v) is 2.11. The van der Waals surface area contributed by atoms with Gasteiger partial charge in [0.15, 0.2) is 5.82 Å². The number of halogens is 3. The average molecular weight is 250 g/mol. The van der Waals surface area contributed by atoms with Crippen molar-refractivity contribution in [3.8, 4) is 0 Å². The van der Waals surface area contributed by atoms with Crippen molar-refractivity contribution in [1.82, 2.24) is 10.1 Å². The second kappa shape index (κ2) is 5.29. The standard InChI is InChI=1S/C10H13F3N2O2/c1-6(2)7(16)5-9-14-8(15-17-9)3-4-10(11,12)13/h6H,3-5H2,1-2H3. The molecule has 0 spiro atoms. The van der Waals surface area contributed by atoms with Crippen LogP contribution in [0.4, 0.5) is 13.2 Å². The number of carbonyl (C=O) groups excluding carboxylic acids is 1. The average Bonchev–Trinajstić information content (AvgIpc) is 2.61. The molecule has 0 aliphatic rings. The van der Waals surface area contributed by atoms with E-state index in [1.165, 1.54) is 0 Å². The first-order valence-electron chi connectivity index (χ1n) is 5.19. The van der Waals surface area contributed by atoms with Gasteiger partial charge in [-0.1, -0.05) is 19.0 Å². The number of hydrogen-bond acceptors (Lipinski definition) is 4. The molecule has 0 saturated carbocycles. The van der Waals surface area contributed by atoms with Crippen molar-refractivity contribution in [2.75, 3.05) is 0 Å². The van der Waals surface area contributed by atoms with Gasteiger partial charge in [-0.25, -0.2) is 0 Å². The summed E-state index contributed by atoms with van der Waals surface area (Å²) in [5.74, 6) is -0.202. The summed E-state index contributed by atoms with van der Waals surface area (Å²) < 4.78 is 40.5. The molecular formula is C10H13F3N2O2. The summed E-state index contributed by atoms with van der Waals surface area (Å²) in [5, 5.41) is 3.39. The van der Waals surface area contributed by atoms with Crippen LogP contribution < -0.4 is 0 Å². The number of rotatable bonds is 5. The Morgan fingerprint density at radius 3 is 2.59 bits per heavy atom. The fourth-order valence-corrected chi connectivity index (χ4v) is 1.07. The molecule has 0 atom stereocenters. The molecule has 96 valence electrons. The maximum Gasteiger partial charge on any atom is 0.389 e. The summed E-state index contributed by atoms with van der Waals surface area (Å²) in [7, 11) is 0. The van der Waals surface area contributed by atoms with Crippen LogP contribution >= 0.6 is 0 Å². The highest BCUT2D eigenvalue weighted by atomic mass is 19.4. The topological polar surface area (TPSA) is 56.0 Å². The molecule has 0 N–H and O–H groups in total. The number of Topliss-reactive ketones (excluding diaryl/α,β-unsaturated/α-hetero) is 1. The van der Waals surface area contributed by atoms with Gasteiger partial charge in [-0.3, -0.25) is 4.79 Å². The van der Waals surface area contributed by atoms with Crippen LogP contribution in [0, 0.1) is 5.92 Å². The lowest BCUT2D eigenvalue weighted by Gasteiger charge is -2.01. The first kappa shape index (κ1) is 13.7. The van der Waals surface area contributed by atoms with E-state index in [0.29, 0.717) is 0 Å². The Morgan fingerprint density at radius 2 is 2.06 bits per heavy atom. The Labute approximate surface area is 96.2 Å². The molecule has 0 amide bonds. The van der Waals surface area contributed by atoms with Crippen LogP contribution in [-0.4, -0.2) is 22.1 Å². The predicted molar refractivity (Wildman–Crippen MR) is 52.2 cm³/mol. The Morgan fingerprint density at radius 1 is 1.41 bits per heavy atom. The number of nitrogens with zero attached hydrogens (tertiary/aromatic N) is 2. The fraction of sp³-hybridized carbons (Fsp3) is 0.700. The van der Waals surface area contributed by atoms with Crippen LogP contribution in [0.15, 0.2) is 4.52 Å². The minimum absolute atomic E-state index is 0.0196. The van der Waals surface area contributed by atoms with Gasteiger partial charge in [0.2, 0.25) is 5.89 Å². The number of ketones is 1. The third kappa shape index (κ3) is 4.97. The molecule has 0 aliphatic heterocycles. The molecule has 1 aromatic rings. The molecular weight excluding hydrogens is 237 g/mol. The number of hydrogen-bond donors (Lipinski definition) is 0. The van der Waals surface area contributed by atoms with E-state index < -0.39 is 12.6 Å². The van der Waals surface area contributed by atoms with Gasteiger partial charge < -0.3 is 4.52 Å². The Bertz CT molecular complexity index is 385. The summed E-state index contributed by atoms with van der Waals surface area (Å²) in [6.07, 6.45) is -5.60. The number of carbonyl (C=O) groups is 1. The van der Waals surface area contributed by atoms with Gasteiger partial charge in [0, 0.05) is 12.3 Å². The second-order valence-corrected chi connectivity index (χ2v) is 4.02. The highest BCUT2D eigenvalue weighted by Gasteiger charge is 2.27. The maximum atomic E-state index is 11.9. The molecule has 17 heavy (non-hydrogen) atoms. The fourth-order valence-electron chi connectivity index (χ4n) is 1.07. The predicted octanol–water partition coefficient (Wildman–Crippen LogP) is 2.33. The van der Waals surface area contributed by atoms with Crippen LogP contribution in [0.25, 0.3) is 0 Å². The monoisotopic (exact) mass is 250 g/mol. The number of alkyl halides is 3. The minimum atomic E-state index is -4.24. The van der Waals surface area contributed by atoms with Crippen LogP contribution in [0.5, 0.6) is 0 Å². The maximum absolute atomic E-state index is 11.9. The molecule has 0 aliphatic carbocycles. The van der Waals surface area contributed by atoms with E-state index in [1.54, 1.807) is 13.8 Å². The largest absolute Gasteiger partial charge is 0.389 e. The lowest BCUT2D eigenvalue weighted by molar-refractivity contribution is -0.134. The van der Waals surface area contributed by atoms with Gasteiger partial charge in [-0.05, 0) is 0 Å². The Kier molecular flexibility index (Phi) is 4.25. The molecule has 1 heterocycles. The first-order valence-corrected chi connectivity index (χ1v) is 5.19. The van der Waals surface area contributed by atoms with Crippen LogP contribution in [0.1, 0.15) is 32.0 Å². The van der Waals surface area contributed by atoms with Gasteiger partial charge in [0.05, 0.1) is 12.8 Å². The van der Waals surface area contributed by atoms with E-state index in [0.717, 1.165) is 0 Å². The molecule has 0 unspecified atom stereocenters. The SMILES string of the molecule is CC(C)C(=O)Cc1nc(CCC(F)(F)F)no1. The van der Waals surface area contributed by atoms with Crippen LogP contribution in [-0.2, 0) is 17.6 Å². The smallest absolute Gasteiger partial charge is 0.339 e. The minimum Gasteiger partial charge on any atom is -0.339 e. The molecule has 0 fully saturated rings. The van der Waals surface area contributed by atoms with Crippen LogP contribution in [0.2, 0.25) is 0 Å². The zero-order valence-electron chi connectivity index (χ0n) is 9.54. The molecule has 1 rings (SSSR count). The Balaban J connectivity index is 2.51. The second-order valence-electron chi connectivity index (χ2n) is 4.02. The summed E-state index contributed by atoms with van der Waals surface area (Å²) in [6.45, 7) is 3.45. The molecule has 0 saturated heterocycles. The van der Waals surface area contributed by atoms with Gasteiger partial charge in [0.1, 0.15) is 5.78 Å². The van der Waals surface area contributed by atoms with E-state index in [-0.39, 0.29) is 36.3 Å². The van der Waals surface area contributed by atoms with Gasteiger partial charge >= 0.3 is 6.18 Å². The number of aryl methyl sites for hydroxylation is 1. The van der Waals surface area contributed by atoms with Gasteiger partial charge in [-0.15, -0.1) is 0 Å². The van der Waals surface area contributed by atoms with Crippen molar-refractivity contribution in [2.45, 2.75) is 39.3 Å². The summed E-state index contributed by atoms with van der Waals surface area (Å²) in [4.78, 5) is 15.1. The van der Waals surface area contributed by atoms with E-state index in [9.17, 15) is 18.0 Å². The van der Waals surface area contributed by atoms with Crippen molar-refractivity contribution in [2.24, 2.45) is 5.92 Å². The summed E-state index contributed by atoms with van der Waals surface area (Å²) in [5.41, 5.74) is 0. The van der Waals surface area contributed by atoms with E-state index >= 15 is 0 Å². The summed E-state index contributed by atoms with van der Waals surface area (Å²) >= 11 is 0. The zero-order valence-corrected chi connectivity index (χ0v) is 9.54.